The molecule has 4 rings (SSSR count). The average molecular weight is 372 g/mol. The topological polar surface area (TPSA) is 42.3 Å². The lowest BCUT2D eigenvalue weighted by Gasteiger charge is -2.13. The molecule has 0 saturated carbocycles. The molecule has 4 aromatic rings. The van der Waals surface area contributed by atoms with Crippen LogP contribution in [-0.2, 0) is 6.54 Å². The number of nitrogens with zero attached hydrogens (tertiary/aromatic N) is 3. The van der Waals surface area contributed by atoms with E-state index < -0.39 is 0 Å². The van der Waals surface area contributed by atoms with E-state index in [9.17, 15) is 0 Å². The minimum Gasteiger partial charge on any atom is -0.497 e. The SMILES string of the molecule is COc1ccc(-n2cnc3cc(NCc4ccc(N(C)C)cc4)ccc32)cc1. The van der Waals surface area contributed by atoms with E-state index in [0.717, 1.165) is 34.7 Å². The highest BCUT2D eigenvalue weighted by Gasteiger charge is 2.06. The van der Waals surface area contributed by atoms with Crippen LogP contribution in [0.2, 0.25) is 0 Å². The summed E-state index contributed by atoms with van der Waals surface area (Å²) in [6, 6.07) is 22.8. The first-order chi connectivity index (χ1) is 13.6. The summed E-state index contributed by atoms with van der Waals surface area (Å²) in [6.45, 7) is 0.776. The lowest BCUT2D eigenvalue weighted by atomic mass is 10.2. The van der Waals surface area contributed by atoms with Crippen molar-refractivity contribution < 1.29 is 4.74 Å². The quantitative estimate of drug-likeness (QED) is 0.532. The summed E-state index contributed by atoms with van der Waals surface area (Å²) in [7, 11) is 5.77. The van der Waals surface area contributed by atoms with Crippen LogP contribution in [0.1, 0.15) is 5.56 Å². The molecule has 0 spiro atoms. The van der Waals surface area contributed by atoms with E-state index in [0.29, 0.717) is 0 Å². The summed E-state index contributed by atoms with van der Waals surface area (Å²) in [5.74, 6) is 0.846. The van der Waals surface area contributed by atoms with Crippen LogP contribution in [0.15, 0.2) is 73.1 Å². The van der Waals surface area contributed by atoms with Crippen molar-refractivity contribution in [3.8, 4) is 11.4 Å². The number of hydrogen-bond acceptors (Lipinski definition) is 4. The van der Waals surface area contributed by atoms with E-state index >= 15 is 0 Å². The molecule has 0 saturated heterocycles. The summed E-state index contributed by atoms with van der Waals surface area (Å²) < 4.78 is 7.32. The van der Waals surface area contributed by atoms with E-state index in [-0.39, 0.29) is 0 Å². The highest BCUT2D eigenvalue weighted by molar-refractivity contribution is 5.81. The minimum absolute atomic E-state index is 0.776. The zero-order valence-electron chi connectivity index (χ0n) is 16.4. The second kappa shape index (κ2) is 7.64. The van der Waals surface area contributed by atoms with Crippen molar-refractivity contribution in [1.29, 1.82) is 0 Å². The summed E-state index contributed by atoms with van der Waals surface area (Å²) in [6.07, 6.45) is 1.86. The number of aromatic nitrogens is 2. The maximum atomic E-state index is 5.24. The number of nitrogens with one attached hydrogen (secondary N) is 1. The van der Waals surface area contributed by atoms with Gasteiger partial charge in [0.05, 0.1) is 18.1 Å². The van der Waals surface area contributed by atoms with Crippen LogP contribution in [0.4, 0.5) is 11.4 Å². The van der Waals surface area contributed by atoms with Gasteiger partial charge < -0.3 is 15.0 Å². The van der Waals surface area contributed by atoms with Gasteiger partial charge >= 0.3 is 0 Å². The van der Waals surface area contributed by atoms with Gasteiger partial charge in [0.2, 0.25) is 0 Å². The van der Waals surface area contributed by atoms with Gasteiger partial charge in [-0.15, -0.1) is 0 Å². The number of anilines is 2. The van der Waals surface area contributed by atoms with E-state index in [1.165, 1.54) is 11.3 Å². The molecule has 5 heteroatoms. The first-order valence-corrected chi connectivity index (χ1v) is 9.26. The van der Waals surface area contributed by atoms with Gasteiger partial charge in [-0.25, -0.2) is 4.98 Å². The van der Waals surface area contributed by atoms with Crippen molar-refractivity contribution in [1.82, 2.24) is 9.55 Å². The van der Waals surface area contributed by atoms with Gasteiger partial charge in [-0.05, 0) is 60.2 Å². The van der Waals surface area contributed by atoms with Crippen LogP contribution in [0.25, 0.3) is 16.7 Å². The maximum absolute atomic E-state index is 5.24. The highest BCUT2D eigenvalue weighted by Crippen LogP contribution is 2.23. The molecule has 0 atom stereocenters. The molecule has 1 aromatic heterocycles. The van der Waals surface area contributed by atoms with Gasteiger partial charge in [-0.3, -0.25) is 4.57 Å². The molecular formula is C23H24N4O. The molecule has 0 radical (unpaired) electrons. The van der Waals surface area contributed by atoms with Crippen LogP contribution in [0.3, 0.4) is 0 Å². The first kappa shape index (κ1) is 17.9. The molecule has 0 aliphatic heterocycles. The third kappa shape index (κ3) is 3.64. The van der Waals surface area contributed by atoms with Crippen LogP contribution in [0, 0.1) is 0 Å². The maximum Gasteiger partial charge on any atom is 0.119 e. The molecule has 3 aromatic carbocycles. The lowest BCUT2D eigenvalue weighted by Crippen LogP contribution is -2.08. The summed E-state index contributed by atoms with van der Waals surface area (Å²) >= 11 is 0. The molecule has 0 unspecified atom stereocenters. The summed E-state index contributed by atoms with van der Waals surface area (Å²) in [5, 5.41) is 3.49. The van der Waals surface area contributed by atoms with Crippen molar-refractivity contribution in [3.63, 3.8) is 0 Å². The van der Waals surface area contributed by atoms with Gasteiger partial charge in [-0.1, -0.05) is 12.1 Å². The number of ether oxygens (including phenoxy) is 1. The van der Waals surface area contributed by atoms with Crippen LogP contribution in [0.5, 0.6) is 5.75 Å². The second-order valence-electron chi connectivity index (χ2n) is 6.93. The van der Waals surface area contributed by atoms with E-state index in [1.54, 1.807) is 7.11 Å². The van der Waals surface area contributed by atoms with Gasteiger partial charge in [0, 0.05) is 37.7 Å². The number of hydrogen-bond donors (Lipinski definition) is 1. The van der Waals surface area contributed by atoms with Gasteiger partial charge in [0.25, 0.3) is 0 Å². The zero-order valence-corrected chi connectivity index (χ0v) is 16.4. The number of imidazole rings is 1. The lowest BCUT2D eigenvalue weighted by molar-refractivity contribution is 0.415. The normalized spacial score (nSPS) is 10.8. The summed E-state index contributed by atoms with van der Waals surface area (Å²) in [5.41, 5.74) is 6.60. The highest BCUT2D eigenvalue weighted by atomic mass is 16.5. The molecule has 28 heavy (non-hydrogen) atoms. The molecule has 0 amide bonds. The zero-order chi connectivity index (χ0) is 19.5. The molecule has 5 nitrogen and oxygen atoms in total. The Labute approximate surface area is 165 Å². The molecule has 1 N–H and O–H groups in total. The predicted octanol–water partition coefficient (Wildman–Crippen LogP) is 4.71. The molecule has 0 bridgehead atoms. The Morgan fingerprint density at radius 3 is 2.39 bits per heavy atom. The molecule has 0 fully saturated rings. The Hall–Kier alpha value is -3.47. The molecule has 0 aliphatic rings. The third-order valence-corrected chi connectivity index (χ3v) is 4.85. The fourth-order valence-corrected chi connectivity index (χ4v) is 3.19. The van der Waals surface area contributed by atoms with Crippen LogP contribution >= 0.6 is 0 Å². The van der Waals surface area contributed by atoms with E-state index in [2.05, 4.69) is 62.2 Å². The molecule has 142 valence electrons. The Morgan fingerprint density at radius 2 is 1.71 bits per heavy atom. The van der Waals surface area contributed by atoms with Gasteiger partial charge in [0.15, 0.2) is 0 Å². The van der Waals surface area contributed by atoms with Gasteiger partial charge in [0.1, 0.15) is 12.1 Å². The van der Waals surface area contributed by atoms with Crippen LogP contribution < -0.4 is 15.0 Å². The van der Waals surface area contributed by atoms with Crippen LogP contribution in [-0.4, -0.2) is 30.8 Å². The van der Waals surface area contributed by atoms with Crippen molar-refractivity contribution in [2.75, 3.05) is 31.4 Å². The first-order valence-electron chi connectivity index (χ1n) is 9.26. The largest absolute Gasteiger partial charge is 0.497 e. The van der Waals surface area contributed by atoms with E-state index in [1.807, 2.05) is 44.7 Å². The average Bonchev–Trinajstić information content (AvgIpc) is 3.16. The fourth-order valence-electron chi connectivity index (χ4n) is 3.19. The van der Waals surface area contributed by atoms with E-state index in [4.69, 9.17) is 4.74 Å². The molecule has 0 aliphatic carbocycles. The van der Waals surface area contributed by atoms with Crippen molar-refractivity contribution in [2.45, 2.75) is 6.54 Å². The monoisotopic (exact) mass is 372 g/mol. The molecular weight excluding hydrogens is 348 g/mol. The van der Waals surface area contributed by atoms with Crippen molar-refractivity contribution in [3.05, 3.63) is 78.6 Å². The third-order valence-electron chi connectivity index (χ3n) is 4.85. The number of fused-ring (bicyclic) bond motifs is 1. The fraction of sp³-hybridized carbons (Fsp3) is 0.174. The predicted molar refractivity (Wildman–Crippen MR) is 116 cm³/mol. The second-order valence-corrected chi connectivity index (χ2v) is 6.93. The Bertz CT molecular complexity index is 1070. The van der Waals surface area contributed by atoms with Gasteiger partial charge in [-0.2, -0.15) is 0 Å². The standard InChI is InChI=1S/C23H24N4O/c1-26(2)19-7-4-17(5-8-19)15-24-18-6-13-23-22(14-18)25-16-27(23)20-9-11-21(28-3)12-10-20/h4-14,16,24H,15H2,1-3H3. The Kier molecular flexibility index (Phi) is 4.89. The van der Waals surface area contributed by atoms with Crippen molar-refractivity contribution in [2.24, 2.45) is 0 Å². The number of rotatable bonds is 6. The minimum atomic E-state index is 0.776. The van der Waals surface area contributed by atoms with Crippen molar-refractivity contribution >= 4 is 22.4 Å². The Balaban J connectivity index is 1.50. The summed E-state index contributed by atoms with van der Waals surface area (Å²) in [4.78, 5) is 6.67. The smallest absolute Gasteiger partial charge is 0.119 e. The molecule has 1 heterocycles. The Morgan fingerprint density at radius 1 is 0.964 bits per heavy atom. The number of methoxy groups -OCH3 is 1. The number of benzene rings is 3.